The Kier molecular flexibility index (Phi) is 8.69. The van der Waals surface area contributed by atoms with Crippen LogP contribution in [0.3, 0.4) is 0 Å². The molecule has 0 spiro atoms. The maximum absolute atomic E-state index is 14.6. The minimum atomic E-state index is -1.06. The van der Waals surface area contributed by atoms with E-state index < -0.39 is 23.3 Å². The predicted molar refractivity (Wildman–Crippen MR) is 119 cm³/mol. The topological polar surface area (TPSA) is 31.4 Å². The number of hydrogen-bond donors (Lipinski definition) is 0. The van der Waals surface area contributed by atoms with Gasteiger partial charge in [-0.1, -0.05) is 44.7 Å². The molecule has 0 N–H and O–H groups in total. The number of halogens is 4. The van der Waals surface area contributed by atoms with Crippen LogP contribution in [0.4, 0.5) is 17.6 Å². The van der Waals surface area contributed by atoms with Crippen LogP contribution in [0.5, 0.6) is 11.5 Å². The highest BCUT2D eigenvalue weighted by molar-refractivity contribution is 5.61. The number of aromatic nitrogens is 1. The molecular weight excluding hydrogens is 434 g/mol. The average Bonchev–Trinajstić information content (AvgIpc) is 2.82. The fourth-order valence-electron chi connectivity index (χ4n) is 3.31. The minimum Gasteiger partial charge on any atom is -0.490 e. The van der Waals surface area contributed by atoms with Crippen LogP contribution in [0.15, 0.2) is 42.6 Å². The van der Waals surface area contributed by atoms with Gasteiger partial charge in [-0.25, -0.2) is 13.2 Å². The summed E-state index contributed by atoms with van der Waals surface area (Å²) in [5, 5.41) is 0. The van der Waals surface area contributed by atoms with Crippen molar-refractivity contribution >= 4 is 0 Å². The molecular formula is C26H27F4NO2. The molecule has 0 atom stereocenters. The Bertz CT molecular complexity index is 1070. The quantitative estimate of drug-likeness (QED) is 0.218. The highest BCUT2D eigenvalue weighted by atomic mass is 19.2. The van der Waals surface area contributed by atoms with E-state index in [1.54, 1.807) is 0 Å². The van der Waals surface area contributed by atoms with Gasteiger partial charge in [0, 0.05) is 11.1 Å². The largest absolute Gasteiger partial charge is 0.490 e. The van der Waals surface area contributed by atoms with Crippen molar-refractivity contribution in [2.75, 3.05) is 6.61 Å². The average molecular weight is 461 g/mol. The Morgan fingerprint density at radius 2 is 1.55 bits per heavy atom. The second-order valence-corrected chi connectivity index (χ2v) is 7.84. The summed E-state index contributed by atoms with van der Waals surface area (Å²) in [7, 11) is 0. The summed E-state index contributed by atoms with van der Waals surface area (Å²) in [6.45, 7) is 3.73. The summed E-state index contributed by atoms with van der Waals surface area (Å²) in [5.74, 6) is -3.81. The molecule has 2 aromatic carbocycles. The van der Waals surface area contributed by atoms with Gasteiger partial charge in [-0.05, 0) is 43.2 Å². The van der Waals surface area contributed by atoms with Gasteiger partial charge in [0.25, 0.3) is 0 Å². The van der Waals surface area contributed by atoms with Crippen LogP contribution in [0.25, 0.3) is 11.3 Å². The number of benzene rings is 2. The molecule has 0 aliphatic heterocycles. The van der Waals surface area contributed by atoms with Crippen molar-refractivity contribution in [3.8, 4) is 22.8 Å². The first-order valence-corrected chi connectivity index (χ1v) is 11.1. The summed E-state index contributed by atoms with van der Waals surface area (Å²) in [5.41, 5.74) is 0.467. The minimum absolute atomic E-state index is 0.0130. The standard InChI is InChI=1S/C26H27F4NO2/c1-3-4-5-6-7-14-32-22-13-11-20(25(29)26(22)30)21-12-10-19(15-31-21)33-16-18-9-8-17(2)23(27)24(18)28/h8-13,15H,3-7,14,16H2,1-2H3. The Hall–Kier alpha value is -3.09. The van der Waals surface area contributed by atoms with Gasteiger partial charge in [-0.3, -0.25) is 4.98 Å². The summed E-state index contributed by atoms with van der Waals surface area (Å²) in [6.07, 6.45) is 6.46. The molecule has 1 heterocycles. The first-order chi connectivity index (χ1) is 15.9. The monoisotopic (exact) mass is 461 g/mol. The molecule has 0 fully saturated rings. The van der Waals surface area contributed by atoms with E-state index in [1.165, 1.54) is 49.5 Å². The van der Waals surface area contributed by atoms with Crippen LogP contribution in [0.1, 0.15) is 50.2 Å². The third-order valence-corrected chi connectivity index (χ3v) is 5.31. The highest BCUT2D eigenvalue weighted by Crippen LogP contribution is 2.30. The van der Waals surface area contributed by atoms with Gasteiger partial charge in [0.2, 0.25) is 5.82 Å². The van der Waals surface area contributed by atoms with Crippen molar-refractivity contribution in [2.24, 2.45) is 0 Å². The van der Waals surface area contributed by atoms with Crippen molar-refractivity contribution in [2.45, 2.75) is 52.6 Å². The van der Waals surface area contributed by atoms with Gasteiger partial charge in [-0.2, -0.15) is 4.39 Å². The molecule has 7 heteroatoms. The van der Waals surface area contributed by atoms with Crippen LogP contribution < -0.4 is 9.47 Å². The molecule has 0 amide bonds. The zero-order chi connectivity index (χ0) is 23.8. The number of pyridine rings is 1. The molecule has 3 nitrogen and oxygen atoms in total. The van der Waals surface area contributed by atoms with Crippen LogP contribution in [0, 0.1) is 30.2 Å². The third kappa shape index (κ3) is 6.24. The van der Waals surface area contributed by atoms with E-state index in [1.807, 2.05) is 0 Å². The van der Waals surface area contributed by atoms with Crippen LogP contribution in [0.2, 0.25) is 0 Å². The maximum atomic E-state index is 14.6. The van der Waals surface area contributed by atoms with Crippen LogP contribution >= 0.6 is 0 Å². The second-order valence-electron chi connectivity index (χ2n) is 7.84. The summed E-state index contributed by atoms with van der Waals surface area (Å²) >= 11 is 0. The number of aryl methyl sites for hydroxylation is 1. The van der Waals surface area contributed by atoms with Crippen molar-refractivity contribution in [1.29, 1.82) is 0 Å². The number of rotatable bonds is 11. The molecule has 1 aromatic heterocycles. The lowest BCUT2D eigenvalue weighted by atomic mass is 10.1. The molecule has 0 radical (unpaired) electrons. The number of ether oxygens (including phenoxy) is 2. The fourth-order valence-corrected chi connectivity index (χ4v) is 3.31. The highest BCUT2D eigenvalue weighted by Gasteiger charge is 2.17. The Morgan fingerprint density at radius 1 is 0.758 bits per heavy atom. The van der Waals surface area contributed by atoms with E-state index >= 15 is 0 Å². The van der Waals surface area contributed by atoms with E-state index in [-0.39, 0.29) is 40.5 Å². The molecule has 33 heavy (non-hydrogen) atoms. The molecule has 0 saturated heterocycles. The molecule has 3 rings (SSSR count). The lowest BCUT2D eigenvalue weighted by molar-refractivity contribution is 0.285. The second kappa shape index (κ2) is 11.7. The van der Waals surface area contributed by atoms with Gasteiger partial charge >= 0.3 is 0 Å². The molecule has 0 aliphatic rings. The summed E-state index contributed by atoms with van der Waals surface area (Å²) < 4.78 is 67.5. The molecule has 0 aliphatic carbocycles. The van der Waals surface area contributed by atoms with Gasteiger partial charge < -0.3 is 9.47 Å². The summed E-state index contributed by atoms with van der Waals surface area (Å²) in [6, 6.07) is 8.69. The van der Waals surface area contributed by atoms with Crippen molar-refractivity contribution in [3.05, 3.63) is 77.0 Å². The molecule has 0 unspecified atom stereocenters. The lowest BCUT2D eigenvalue weighted by Crippen LogP contribution is -2.03. The van der Waals surface area contributed by atoms with Crippen molar-refractivity contribution in [3.63, 3.8) is 0 Å². The molecule has 3 aromatic rings. The molecule has 176 valence electrons. The Balaban J connectivity index is 1.62. The lowest BCUT2D eigenvalue weighted by Gasteiger charge is -2.11. The number of nitrogens with zero attached hydrogens (tertiary/aromatic N) is 1. The van der Waals surface area contributed by atoms with E-state index in [0.29, 0.717) is 6.61 Å². The van der Waals surface area contributed by atoms with Crippen LogP contribution in [-0.4, -0.2) is 11.6 Å². The van der Waals surface area contributed by atoms with Gasteiger partial charge in [0.05, 0.1) is 18.5 Å². The number of unbranched alkanes of at least 4 members (excludes halogenated alkanes) is 4. The first-order valence-electron chi connectivity index (χ1n) is 11.1. The summed E-state index contributed by atoms with van der Waals surface area (Å²) in [4.78, 5) is 4.11. The molecule has 0 bridgehead atoms. The fraction of sp³-hybridized carbons (Fsp3) is 0.346. The maximum Gasteiger partial charge on any atom is 0.201 e. The van der Waals surface area contributed by atoms with Gasteiger partial charge in [0.15, 0.2) is 23.2 Å². The number of hydrogen-bond acceptors (Lipinski definition) is 3. The molecule has 0 saturated carbocycles. The van der Waals surface area contributed by atoms with E-state index in [4.69, 9.17) is 9.47 Å². The van der Waals surface area contributed by atoms with Gasteiger partial charge in [-0.15, -0.1) is 0 Å². The normalized spacial score (nSPS) is 11.0. The predicted octanol–water partition coefficient (Wildman–Crippen LogP) is 7.54. The zero-order valence-corrected chi connectivity index (χ0v) is 18.8. The van der Waals surface area contributed by atoms with E-state index in [0.717, 1.165) is 32.1 Å². The van der Waals surface area contributed by atoms with E-state index in [2.05, 4.69) is 11.9 Å². The SMILES string of the molecule is CCCCCCCOc1ccc(-c2ccc(OCc3ccc(C)c(F)c3F)cn2)c(F)c1F. The Labute approximate surface area is 191 Å². The van der Waals surface area contributed by atoms with Crippen molar-refractivity contribution in [1.82, 2.24) is 4.98 Å². The zero-order valence-electron chi connectivity index (χ0n) is 18.8. The smallest absolute Gasteiger partial charge is 0.201 e. The first kappa shape index (κ1) is 24.6. The van der Waals surface area contributed by atoms with Crippen LogP contribution in [-0.2, 0) is 6.61 Å². The van der Waals surface area contributed by atoms with E-state index in [9.17, 15) is 17.6 Å². The van der Waals surface area contributed by atoms with Crippen molar-refractivity contribution < 1.29 is 27.0 Å². The Morgan fingerprint density at radius 3 is 2.27 bits per heavy atom. The third-order valence-electron chi connectivity index (χ3n) is 5.31. The van der Waals surface area contributed by atoms with Gasteiger partial charge in [0.1, 0.15) is 12.4 Å².